The summed E-state index contributed by atoms with van der Waals surface area (Å²) in [6.45, 7) is -0.252. The average Bonchev–Trinajstić information content (AvgIpc) is 2.97. The van der Waals surface area contributed by atoms with E-state index in [0.717, 1.165) is 4.68 Å². The Morgan fingerprint density at radius 2 is 1.59 bits per heavy atom. The van der Waals surface area contributed by atoms with E-state index in [1.807, 2.05) is 0 Å². The highest BCUT2D eigenvalue weighted by atomic mass is 35.5. The Balaban J connectivity index is 2.05. The third-order valence-electron chi connectivity index (χ3n) is 3.51. The molecule has 0 spiro atoms. The van der Waals surface area contributed by atoms with Crippen LogP contribution in [0.15, 0.2) is 42.6 Å². The summed E-state index contributed by atoms with van der Waals surface area (Å²) in [5.41, 5.74) is -0.649. The zero-order valence-corrected chi connectivity index (χ0v) is 15.5. The SMILES string of the molecule is Fc1ccc(COc2c(C(F)(F)F)cnn2-c2c(Cl)cc(Cl)cc2Cl)cc1. The van der Waals surface area contributed by atoms with E-state index in [1.54, 1.807) is 0 Å². The number of rotatable bonds is 4. The van der Waals surface area contributed by atoms with E-state index >= 15 is 0 Å². The van der Waals surface area contributed by atoms with Crippen LogP contribution in [0.1, 0.15) is 11.1 Å². The fourth-order valence-corrected chi connectivity index (χ4v) is 3.28. The fourth-order valence-electron chi connectivity index (χ4n) is 2.30. The van der Waals surface area contributed by atoms with Crippen LogP contribution in [0.3, 0.4) is 0 Å². The van der Waals surface area contributed by atoms with Crippen LogP contribution in [0.5, 0.6) is 5.88 Å². The summed E-state index contributed by atoms with van der Waals surface area (Å²) in [4.78, 5) is 0. The Kier molecular flexibility index (Phi) is 5.55. The minimum Gasteiger partial charge on any atom is -0.472 e. The molecule has 10 heteroatoms. The zero-order valence-electron chi connectivity index (χ0n) is 13.2. The Bertz CT molecular complexity index is 948. The van der Waals surface area contributed by atoms with Crippen molar-refractivity contribution in [3.63, 3.8) is 0 Å². The predicted molar refractivity (Wildman–Crippen MR) is 94.3 cm³/mol. The van der Waals surface area contributed by atoms with Gasteiger partial charge < -0.3 is 4.74 Å². The molecule has 0 aliphatic heterocycles. The van der Waals surface area contributed by atoms with Gasteiger partial charge in [0, 0.05) is 5.02 Å². The summed E-state index contributed by atoms with van der Waals surface area (Å²) in [6.07, 6.45) is -4.11. The third-order valence-corrected chi connectivity index (χ3v) is 4.31. The maximum atomic E-state index is 13.4. The molecule has 3 aromatic rings. The summed E-state index contributed by atoms with van der Waals surface area (Å²) in [6, 6.07) is 7.78. The van der Waals surface area contributed by atoms with E-state index in [-0.39, 0.29) is 27.4 Å². The lowest BCUT2D eigenvalue weighted by Crippen LogP contribution is -2.10. The van der Waals surface area contributed by atoms with E-state index in [2.05, 4.69) is 5.10 Å². The molecule has 27 heavy (non-hydrogen) atoms. The number of benzene rings is 2. The van der Waals surface area contributed by atoms with Crippen LogP contribution >= 0.6 is 34.8 Å². The summed E-state index contributed by atoms with van der Waals surface area (Å²) < 4.78 is 59.3. The maximum absolute atomic E-state index is 13.4. The van der Waals surface area contributed by atoms with Crippen molar-refractivity contribution in [2.75, 3.05) is 0 Å². The molecule has 0 saturated heterocycles. The van der Waals surface area contributed by atoms with Gasteiger partial charge in [-0.25, -0.2) is 4.39 Å². The highest BCUT2D eigenvalue weighted by Crippen LogP contribution is 2.41. The lowest BCUT2D eigenvalue weighted by molar-refractivity contribution is -0.139. The summed E-state index contributed by atoms with van der Waals surface area (Å²) in [5.74, 6) is -1.07. The largest absolute Gasteiger partial charge is 0.472 e. The average molecular weight is 440 g/mol. The van der Waals surface area contributed by atoms with Gasteiger partial charge in [0.25, 0.3) is 0 Å². The number of ether oxygens (including phenoxy) is 1. The first-order valence-corrected chi connectivity index (χ1v) is 8.47. The van der Waals surface area contributed by atoms with Crippen LogP contribution in [0.25, 0.3) is 5.69 Å². The van der Waals surface area contributed by atoms with Crippen molar-refractivity contribution >= 4 is 34.8 Å². The third kappa shape index (κ3) is 4.31. The molecule has 0 bridgehead atoms. The molecule has 1 heterocycles. The van der Waals surface area contributed by atoms with E-state index in [4.69, 9.17) is 39.5 Å². The summed E-state index contributed by atoms with van der Waals surface area (Å²) in [5, 5.41) is 3.94. The topological polar surface area (TPSA) is 27.1 Å². The van der Waals surface area contributed by atoms with Crippen LogP contribution in [-0.4, -0.2) is 9.78 Å². The monoisotopic (exact) mass is 438 g/mol. The van der Waals surface area contributed by atoms with Gasteiger partial charge in [-0.3, -0.25) is 0 Å². The number of hydrogen-bond acceptors (Lipinski definition) is 2. The minimum atomic E-state index is -4.72. The molecule has 0 unspecified atom stereocenters. The Hall–Kier alpha value is -1.96. The molecule has 2 aromatic carbocycles. The van der Waals surface area contributed by atoms with Gasteiger partial charge in [-0.2, -0.15) is 23.0 Å². The maximum Gasteiger partial charge on any atom is 0.423 e. The van der Waals surface area contributed by atoms with Crippen molar-refractivity contribution < 1.29 is 22.3 Å². The van der Waals surface area contributed by atoms with E-state index in [0.29, 0.717) is 11.8 Å². The quantitative estimate of drug-likeness (QED) is 0.430. The van der Waals surface area contributed by atoms with Gasteiger partial charge >= 0.3 is 6.18 Å². The smallest absolute Gasteiger partial charge is 0.423 e. The summed E-state index contributed by atoms with van der Waals surface area (Å²) >= 11 is 18.0. The molecule has 142 valence electrons. The normalized spacial score (nSPS) is 11.7. The Labute approximate surface area is 166 Å². The molecular formula is C17H9Cl3F4N2O. The molecule has 0 fully saturated rings. The second-order valence-electron chi connectivity index (χ2n) is 5.41. The van der Waals surface area contributed by atoms with Gasteiger partial charge in [-0.05, 0) is 29.8 Å². The van der Waals surface area contributed by atoms with Gasteiger partial charge in [-0.15, -0.1) is 0 Å². The Morgan fingerprint density at radius 1 is 1.00 bits per heavy atom. The van der Waals surface area contributed by atoms with Crippen LogP contribution in [0.2, 0.25) is 15.1 Å². The van der Waals surface area contributed by atoms with Gasteiger partial charge in [0.05, 0.1) is 16.2 Å². The van der Waals surface area contributed by atoms with Crippen LogP contribution in [0, 0.1) is 5.82 Å². The van der Waals surface area contributed by atoms with Gasteiger partial charge in [-0.1, -0.05) is 46.9 Å². The first-order chi connectivity index (χ1) is 12.7. The van der Waals surface area contributed by atoms with Gasteiger partial charge in [0.15, 0.2) is 0 Å². The second kappa shape index (κ2) is 7.58. The predicted octanol–water partition coefficient (Wildman–Crippen LogP) is 6.57. The molecule has 3 rings (SSSR count). The van der Waals surface area contributed by atoms with Gasteiger partial charge in [0.1, 0.15) is 23.7 Å². The van der Waals surface area contributed by atoms with E-state index in [1.165, 1.54) is 36.4 Å². The van der Waals surface area contributed by atoms with E-state index < -0.39 is 23.4 Å². The standard InChI is InChI=1S/C17H9Cl3F4N2O/c18-10-5-13(19)15(14(20)6-10)26-16(12(7-25-26)17(22,23)24)27-8-9-1-3-11(21)4-2-9/h1-7H,8H2. The minimum absolute atomic E-state index is 0.00374. The number of aromatic nitrogens is 2. The van der Waals surface area contributed by atoms with Gasteiger partial charge in [0.2, 0.25) is 5.88 Å². The van der Waals surface area contributed by atoms with Crippen molar-refractivity contribution in [1.29, 1.82) is 0 Å². The molecule has 3 nitrogen and oxygen atoms in total. The van der Waals surface area contributed by atoms with Crippen molar-refractivity contribution in [3.05, 3.63) is 74.6 Å². The molecule has 0 radical (unpaired) electrons. The molecule has 0 N–H and O–H groups in total. The highest BCUT2D eigenvalue weighted by molar-refractivity contribution is 6.40. The van der Waals surface area contributed by atoms with Crippen molar-refractivity contribution in [2.45, 2.75) is 12.8 Å². The first kappa shape index (κ1) is 19.8. The van der Waals surface area contributed by atoms with Crippen molar-refractivity contribution in [3.8, 4) is 11.6 Å². The molecule has 0 amide bonds. The molecule has 0 atom stereocenters. The number of alkyl halides is 3. The van der Waals surface area contributed by atoms with Crippen molar-refractivity contribution in [2.24, 2.45) is 0 Å². The molecule has 0 aliphatic carbocycles. The number of nitrogens with zero attached hydrogens (tertiary/aromatic N) is 2. The van der Waals surface area contributed by atoms with Crippen LogP contribution in [0.4, 0.5) is 17.6 Å². The Morgan fingerprint density at radius 3 is 2.15 bits per heavy atom. The second-order valence-corrected chi connectivity index (χ2v) is 6.66. The van der Waals surface area contributed by atoms with Crippen molar-refractivity contribution in [1.82, 2.24) is 9.78 Å². The molecular weight excluding hydrogens is 431 g/mol. The van der Waals surface area contributed by atoms with E-state index in [9.17, 15) is 17.6 Å². The zero-order chi connectivity index (χ0) is 19.8. The molecule has 1 aromatic heterocycles. The summed E-state index contributed by atoms with van der Waals surface area (Å²) in [7, 11) is 0. The highest BCUT2D eigenvalue weighted by Gasteiger charge is 2.38. The van der Waals surface area contributed by atoms with Crippen LogP contribution < -0.4 is 4.74 Å². The number of halogens is 7. The fraction of sp³-hybridized carbons (Fsp3) is 0.118. The van der Waals surface area contributed by atoms with Crippen LogP contribution in [-0.2, 0) is 12.8 Å². The first-order valence-electron chi connectivity index (χ1n) is 7.34. The number of hydrogen-bond donors (Lipinski definition) is 0. The molecule has 0 aliphatic rings. The lowest BCUT2D eigenvalue weighted by Gasteiger charge is -2.15. The molecule has 0 saturated carbocycles. The lowest BCUT2D eigenvalue weighted by atomic mass is 10.2.